The van der Waals surface area contributed by atoms with Crippen LogP contribution in [0.5, 0.6) is 0 Å². The third-order valence-corrected chi connectivity index (χ3v) is 6.18. The molecule has 0 aliphatic carbocycles. The molecule has 1 aliphatic rings. The van der Waals surface area contributed by atoms with Gasteiger partial charge in [-0.3, -0.25) is 9.30 Å². The molecule has 1 aliphatic heterocycles. The zero-order valence-corrected chi connectivity index (χ0v) is 17.6. The molecule has 0 spiro atoms. The normalized spacial score (nSPS) is 16.0. The van der Waals surface area contributed by atoms with Gasteiger partial charge in [-0.2, -0.15) is 5.26 Å². The van der Waals surface area contributed by atoms with E-state index in [4.69, 9.17) is 11.6 Å². The number of pyridine rings is 2. The highest BCUT2D eigenvalue weighted by atomic mass is 35.5. The van der Waals surface area contributed by atoms with E-state index in [0.29, 0.717) is 35.0 Å². The van der Waals surface area contributed by atoms with Crippen molar-refractivity contribution in [2.24, 2.45) is 0 Å². The topological polar surface area (TPSA) is 73.3 Å². The van der Waals surface area contributed by atoms with Crippen molar-refractivity contribution in [3.8, 4) is 6.07 Å². The minimum absolute atomic E-state index is 0.168. The fourth-order valence-electron chi connectivity index (χ4n) is 4.30. The van der Waals surface area contributed by atoms with Crippen molar-refractivity contribution in [1.29, 1.82) is 5.26 Å². The smallest absolute Gasteiger partial charge is 0.181 e. The van der Waals surface area contributed by atoms with Gasteiger partial charge >= 0.3 is 0 Å². The van der Waals surface area contributed by atoms with Crippen LogP contribution in [0.25, 0.3) is 16.7 Å². The number of hydrogen-bond donors (Lipinski definition) is 0. The molecule has 7 nitrogen and oxygen atoms in total. The van der Waals surface area contributed by atoms with E-state index in [1.807, 2.05) is 18.2 Å². The summed E-state index contributed by atoms with van der Waals surface area (Å²) in [4.78, 5) is 9.07. The van der Waals surface area contributed by atoms with E-state index in [-0.39, 0.29) is 11.9 Å². The molecule has 0 bridgehead atoms. The van der Waals surface area contributed by atoms with Gasteiger partial charge < -0.3 is 4.90 Å². The lowest BCUT2D eigenvalue weighted by Crippen LogP contribution is -2.47. The first-order valence-electron chi connectivity index (χ1n) is 10.0. The monoisotopic (exact) mass is 435 g/mol. The molecule has 1 saturated heterocycles. The Bertz CT molecular complexity index is 1300. The SMILES string of the molecule is CC(c1ccc(F)cc1)N1CCN(c2c(C#N)c3nncn3c3ccc(Cl)nc23)CC1. The van der Waals surface area contributed by atoms with Gasteiger partial charge in [0, 0.05) is 32.2 Å². The number of anilines is 1. The predicted octanol–water partition coefficient (Wildman–Crippen LogP) is 3.82. The first-order valence-corrected chi connectivity index (χ1v) is 10.4. The highest BCUT2D eigenvalue weighted by molar-refractivity contribution is 6.29. The Kier molecular flexibility index (Phi) is 4.93. The molecule has 4 aromatic rings. The zero-order valence-electron chi connectivity index (χ0n) is 16.8. The fraction of sp³-hybridized carbons (Fsp3) is 0.273. The molecule has 1 aromatic carbocycles. The second-order valence-electron chi connectivity index (χ2n) is 7.61. The van der Waals surface area contributed by atoms with Crippen LogP contribution < -0.4 is 4.90 Å². The van der Waals surface area contributed by atoms with Crippen molar-refractivity contribution in [1.82, 2.24) is 24.5 Å². The molecule has 9 heteroatoms. The van der Waals surface area contributed by atoms with Gasteiger partial charge in [-0.15, -0.1) is 10.2 Å². The highest BCUT2D eigenvalue weighted by Gasteiger charge is 2.27. The summed E-state index contributed by atoms with van der Waals surface area (Å²) in [5.74, 6) is -0.230. The van der Waals surface area contributed by atoms with E-state index in [9.17, 15) is 9.65 Å². The van der Waals surface area contributed by atoms with Gasteiger partial charge in [0.1, 0.15) is 34.4 Å². The van der Waals surface area contributed by atoms with Gasteiger partial charge in [0.2, 0.25) is 0 Å². The number of fused-ring (bicyclic) bond motifs is 3. The Morgan fingerprint density at radius 2 is 1.84 bits per heavy atom. The summed E-state index contributed by atoms with van der Waals surface area (Å²) >= 11 is 6.21. The van der Waals surface area contributed by atoms with Crippen molar-refractivity contribution in [3.63, 3.8) is 0 Å². The number of hydrogen-bond acceptors (Lipinski definition) is 6. The van der Waals surface area contributed by atoms with E-state index in [1.165, 1.54) is 12.1 Å². The quantitative estimate of drug-likeness (QED) is 0.455. The Morgan fingerprint density at radius 3 is 2.55 bits per heavy atom. The lowest BCUT2D eigenvalue weighted by molar-refractivity contribution is 0.198. The molecule has 0 N–H and O–H groups in total. The van der Waals surface area contributed by atoms with Crippen molar-refractivity contribution in [3.05, 3.63) is 64.8 Å². The molecule has 1 unspecified atom stereocenters. The number of rotatable bonds is 3. The molecule has 5 rings (SSSR count). The van der Waals surface area contributed by atoms with Crippen LogP contribution in [0.4, 0.5) is 10.1 Å². The second-order valence-corrected chi connectivity index (χ2v) is 8.00. The number of halogens is 2. The van der Waals surface area contributed by atoms with Gasteiger partial charge in [-0.05, 0) is 36.8 Å². The first kappa shape index (κ1) is 19.7. The average molecular weight is 436 g/mol. The maximum atomic E-state index is 13.3. The van der Waals surface area contributed by atoms with Crippen LogP contribution in [-0.4, -0.2) is 50.7 Å². The molecule has 0 radical (unpaired) electrons. The van der Waals surface area contributed by atoms with Crippen molar-refractivity contribution < 1.29 is 4.39 Å². The summed E-state index contributed by atoms with van der Waals surface area (Å²) in [6.45, 7) is 5.15. The minimum Gasteiger partial charge on any atom is -0.366 e. The molecule has 0 amide bonds. The van der Waals surface area contributed by atoms with Gasteiger partial charge in [0.15, 0.2) is 5.65 Å². The number of nitriles is 1. The van der Waals surface area contributed by atoms with Crippen LogP contribution >= 0.6 is 11.6 Å². The summed E-state index contributed by atoms with van der Waals surface area (Å²) in [6.07, 6.45) is 1.58. The van der Waals surface area contributed by atoms with E-state index < -0.39 is 0 Å². The Morgan fingerprint density at radius 1 is 1.10 bits per heavy atom. The standard InChI is InChI=1S/C22H19ClFN7/c1-14(15-2-4-16(24)5-3-15)29-8-10-30(11-9-29)21-17(12-25)22-28-26-13-31(22)18-6-7-19(23)27-20(18)21/h2-7,13-14H,8-11H2,1H3. The molecule has 1 fully saturated rings. The first-order chi connectivity index (χ1) is 15.1. The Balaban J connectivity index is 1.50. The van der Waals surface area contributed by atoms with Crippen molar-refractivity contribution in [2.75, 3.05) is 31.1 Å². The predicted molar refractivity (Wildman–Crippen MR) is 117 cm³/mol. The summed E-state index contributed by atoms with van der Waals surface area (Å²) in [5.41, 5.74) is 4.25. The maximum absolute atomic E-state index is 13.3. The number of aromatic nitrogens is 4. The molecule has 3 aromatic heterocycles. The molecule has 0 saturated carbocycles. The zero-order chi connectivity index (χ0) is 21.5. The third-order valence-electron chi connectivity index (χ3n) is 5.97. The summed E-state index contributed by atoms with van der Waals surface area (Å²) in [7, 11) is 0. The maximum Gasteiger partial charge on any atom is 0.181 e. The largest absolute Gasteiger partial charge is 0.366 e. The highest BCUT2D eigenvalue weighted by Crippen LogP contribution is 2.34. The van der Waals surface area contributed by atoms with E-state index in [0.717, 1.165) is 29.9 Å². The molecular weight excluding hydrogens is 417 g/mol. The lowest BCUT2D eigenvalue weighted by atomic mass is 10.1. The van der Waals surface area contributed by atoms with Crippen LogP contribution in [0.15, 0.2) is 42.7 Å². The van der Waals surface area contributed by atoms with Crippen LogP contribution in [0.3, 0.4) is 0 Å². The van der Waals surface area contributed by atoms with Gasteiger partial charge in [0.25, 0.3) is 0 Å². The van der Waals surface area contributed by atoms with Gasteiger partial charge in [0.05, 0.1) is 11.2 Å². The van der Waals surface area contributed by atoms with Crippen LogP contribution in [0.2, 0.25) is 5.15 Å². The minimum atomic E-state index is -0.230. The summed E-state index contributed by atoms with van der Waals surface area (Å²) in [6, 6.07) is 12.7. The molecule has 1 atom stereocenters. The summed E-state index contributed by atoms with van der Waals surface area (Å²) in [5, 5.41) is 18.5. The Labute approximate surface area is 183 Å². The van der Waals surface area contributed by atoms with Crippen LogP contribution in [0, 0.1) is 17.1 Å². The number of piperazine rings is 1. The number of nitrogens with zero attached hydrogens (tertiary/aromatic N) is 7. The van der Waals surface area contributed by atoms with Crippen molar-refractivity contribution >= 4 is 34.0 Å². The summed E-state index contributed by atoms with van der Waals surface area (Å²) < 4.78 is 15.0. The van der Waals surface area contributed by atoms with Crippen LogP contribution in [0.1, 0.15) is 24.1 Å². The van der Waals surface area contributed by atoms with Crippen molar-refractivity contribution in [2.45, 2.75) is 13.0 Å². The van der Waals surface area contributed by atoms with Gasteiger partial charge in [-0.1, -0.05) is 23.7 Å². The molecule has 4 heterocycles. The van der Waals surface area contributed by atoms with Gasteiger partial charge in [-0.25, -0.2) is 9.37 Å². The number of benzene rings is 1. The van der Waals surface area contributed by atoms with Crippen LogP contribution in [-0.2, 0) is 0 Å². The van der Waals surface area contributed by atoms with E-state index >= 15 is 0 Å². The third kappa shape index (κ3) is 3.36. The van der Waals surface area contributed by atoms with E-state index in [1.54, 1.807) is 16.8 Å². The molecular formula is C22H19ClFN7. The molecule has 156 valence electrons. The Hall–Kier alpha value is -3.28. The average Bonchev–Trinajstić information content (AvgIpc) is 3.28. The fourth-order valence-corrected chi connectivity index (χ4v) is 4.45. The molecule has 31 heavy (non-hydrogen) atoms. The lowest BCUT2D eigenvalue weighted by Gasteiger charge is -2.39. The second kappa shape index (κ2) is 7.76. The van der Waals surface area contributed by atoms with E-state index in [2.05, 4.69) is 38.0 Å².